The largest absolute Gasteiger partial charge is 0.457 e. The van der Waals surface area contributed by atoms with Gasteiger partial charge >= 0.3 is 0 Å². The maximum Gasteiger partial charge on any atom is 0.133 e. The van der Waals surface area contributed by atoms with Gasteiger partial charge in [0.1, 0.15) is 11.5 Å². The van der Waals surface area contributed by atoms with E-state index in [0.29, 0.717) is 17.3 Å². The fraction of sp³-hybridized carbons (Fsp3) is 0.294. The number of hydrogen-bond acceptors (Lipinski definition) is 2. The molecule has 0 amide bonds. The minimum atomic E-state index is 0.136. The van der Waals surface area contributed by atoms with Crippen LogP contribution >= 0.6 is 11.6 Å². The number of nitrogens with two attached hydrogens (primary N) is 1. The van der Waals surface area contributed by atoms with Crippen molar-refractivity contribution >= 4 is 11.6 Å². The molecule has 0 aliphatic rings. The van der Waals surface area contributed by atoms with Gasteiger partial charge in [-0.1, -0.05) is 50.6 Å². The van der Waals surface area contributed by atoms with Crippen LogP contribution in [0, 0.1) is 0 Å². The van der Waals surface area contributed by atoms with Crippen LogP contribution in [0.4, 0.5) is 0 Å². The van der Waals surface area contributed by atoms with E-state index in [-0.39, 0.29) is 5.41 Å². The molecule has 2 nitrogen and oxygen atoms in total. The van der Waals surface area contributed by atoms with Gasteiger partial charge in [0.15, 0.2) is 0 Å². The third kappa shape index (κ3) is 3.53. The number of ether oxygens (including phenoxy) is 1. The normalized spacial score (nSPS) is 11.4. The minimum absolute atomic E-state index is 0.136. The van der Waals surface area contributed by atoms with E-state index in [9.17, 15) is 0 Å². The van der Waals surface area contributed by atoms with Gasteiger partial charge in [-0.2, -0.15) is 0 Å². The lowest BCUT2D eigenvalue weighted by molar-refractivity contribution is 0.475. The second-order valence-electron chi connectivity index (χ2n) is 5.83. The van der Waals surface area contributed by atoms with E-state index >= 15 is 0 Å². The van der Waals surface area contributed by atoms with Crippen LogP contribution in [0.25, 0.3) is 0 Å². The van der Waals surface area contributed by atoms with Crippen molar-refractivity contribution in [3.05, 3.63) is 58.6 Å². The Hall–Kier alpha value is -1.51. The summed E-state index contributed by atoms with van der Waals surface area (Å²) in [5.41, 5.74) is 8.06. The summed E-state index contributed by atoms with van der Waals surface area (Å²) in [5, 5.41) is 0.642. The molecule has 2 aromatic rings. The summed E-state index contributed by atoms with van der Waals surface area (Å²) in [6, 6.07) is 13.6. The van der Waals surface area contributed by atoms with Crippen molar-refractivity contribution in [1.29, 1.82) is 0 Å². The van der Waals surface area contributed by atoms with Gasteiger partial charge in [0, 0.05) is 17.1 Å². The third-order valence-corrected chi connectivity index (χ3v) is 3.43. The summed E-state index contributed by atoms with van der Waals surface area (Å²) in [6.45, 7) is 6.98. The molecule has 0 unspecified atom stereocenters. The van der Waals surface area contributed by atoms with Crippen LogP contribution in [0.2, 0.25) is 5.02 Å². The van der Waals surface area contributed by atoms with E-state index in [1.165, 1.54) is 5.56 Å². The Morgan fingerprint density at radius 3 is 2.25 bits per heavy atom. The van der Waals surface area contributed by atoms with Gasteiger partial charge < -0.3 is 10.5 Å². The van der Waals surface area contributed by atoms with Crippen LogP contribution in [-0.4, -0.2) is 0 Å². The van der Waals surface area contributed by atoms with Gasteiger partial charge in [-0.05, 0) is 35.2 Å². The highest BCUT2D eigenvalue weighted by atomic mass is 35.5. The average Bonchev–Trinajstić information content (AvgIpc) is 2.38. The quantitative estimate of drug-likeness (QED) is 0.873. The number of rotatable bonds is 3. The Labute approximate surface area is 125 Å². The Morgan fingerprint density at radius 1 is 1.05 bits per heavy atom. The van der Waals surface area contributed by atoms with Gasteiger partial charge in [-0.3, -0.25) is 0 Å². The maximum atomic E-state index is 6.00. The Morgan fingerprint density at radius 2 is 1.70 bits per heavy atom. The highest BCUT2D eigenvalue weighted by Gasteiger charge is 2.13. The van der Waals surface area contributed by atoms with Crippen molar-refractivity contribution in [3.8, 4) is 11.5 Å². The van der Waals surface area contributed by atoms with Gasteiger partial charge in [-0.25, -0.2) is 0 Å². The van der Waals surface area contributed by atoms with Crippen LogP contribution < -0.4 is 10.5 Å². The average molecular weight is 290 g/mol. The number of hydrogen-bond donors (Lipinski definition) is 1. The molecule has 0 saturated heterocycles. The van der Waals surface area contributed by atoms with E-state index in [0.717, 1.165) is 11.3 Å². The molecule has 0 atom stereocenters. The first-order valence-electron chi connectivity index (χ1n) is 6.67. The molecule has 106 valence electrons. The molecule has 0 bridgehead atoms. The summed E-state index contributed by atoms with van der Waals surface area (Å²) < 4.78 is 5.88. The lowest BCUT2D eigenvalue weighted by Crippen LogP contribution is -2.10. The fourth-order valence-corrected chi connectivity index (χ4v) is 2.10. The van der Waals surface area contributed by atoms with Crippen LogP contribution in [0.5, 0.6) is 11.5 Å². The van der Waals surface area contributed by atoms with E-state index in [1.807, 2.05) is 24.3 Å². The van der Waals surface area contributed by atoms with Gasteiger partial charge in [0.2, 0.25) is 0 Å². The molecule has 2 N–H and O–H groups in total. The minimum Gasteiger partial charge on any atom is -0.457 e. The first-order chi connectivity index (χ1) is 9.40. The molecular weight excluding hydrogens is 270 g/mol. The molecule has 20 heavy (non-hydrogen) atoms. The molecule has 3 heteroatoms. The Kier molecular flexibility index (Phi) is 4.36. The van der Waals surface area contributed by atoms with Gasteiger partial charge in [0.05, 0.1) is 0 Å². The maximum absolute atomic E-state index is 6.00. The van der Waals surface area contributed by atoms with E-state index in [1.54, 1.807) is 6.07 Å². The zero-order valence-corrected chi connectivity index (χ0v) is 12.9. The third-order valence-electron chi connectivity index (χ3n) is 3.20. The highest BCUT2D eigenvalue weighted by molar-refractivity contribution is 6.30. The van der Waals surface area contributed by atoms with Crippen molar-refractivity contribution in [2.75, 3.05) is 0 Å². The van der Waals surface area contributed by atoms with Crippen LogP contribution in [0.1, 0.15) is 31.9 Å². The summed E-state index contributed by atoms with van der Waals surface area (Å²) >= 11 is 6.00. The molecule has 0 heterocycles. The van der Waals surface area contributed by atoms with Gasteiger partial charge in [-0.15, -0.1) is 0 Å². The molecule has 0 fully saturated rings. The second-order valence-corrected chi connectivity index (χ2v) is 6.27. The number of halogens is 1. The smallest absolute Gasteiger partial charge is 0.133 e. The summed E-state index contributed by atoms with van der Waals surface area (Å²) in [6.07, 6.45) is 0. The standard InChI is InChI=1S/C17H20ClNO/c1-17(2,3)13-5-8-15(9-6-13)20-16-10-14(18)7-4-12(16)11-19/h4-10H,11,19H2,1-3H3. The lowest BCUT2D eigenvalue weighted by Gasteiger charge is -2.19. The van der Waals surface area contributed by atoms with Crippen molar-refractivity contribution in [3.63, 3.8) is 0 Å². The molecule has 0 spiro atoms. The molecule has 0 saturated carbocycles. The van der Waals surface area contributed by atoms with E-state index < -0.39 is 0 Å². The molecule has 2 rings (SSSR count). The zero-order chi connectivity index (χ0) is 14.8. The van der Waals surface area contributed by atoms with E-state index in [2.05, 4.69) is 32.9 Å². The summed E-state index contributed by atoms with van der Waals surface area (Å²) in [5.74, 6) is 1.50. The summed E-state index contributed by atoms with van der Waals surface area (Å²) in [7, 11) is 0. The van der Waals surface area contributed by atoms with Crippen LogP contribution in [-0.2, 0) is 12.0 Å². The first-order valence-corrected chi connectivity index (χ1v) is 7.05. The second kappa shape index (κ2) is 5.86. The number of benzene rings is 2. The molecular formula is C17H20ClNO. The first kappa shape index (κ1) is 14.9. The lowest BCUT2D eigenvalue weighted by atomic mass is 9.87. The molecule has 0 aliphatic carbocycles. The molecule has 0 radical (unpaired) electrons. The zero-order valence-electron chi connectivity index (χ0n) is 12.1. The van der Waals surface area contributed by atoms with Crippen LogP contribution in [0.15, 0.2) is 42.5 Å². The molecule has 2 aromatic carbocycles. The van der Waals surface area contributed by atoms with Crippen molar-refractivity contribution < 1.29 is 4.74 Å². The monoisotopic (exact) mass is 289 g/mol. The van der Waals surface area contributed by atoms with Gasteiger partial charge in [0.25, 0.3) is 0 Å². The molecule has 0 aliphatic heterocycles. The summed E-state index contributed by atoms with van der Waals surface area (Å²) in [4.78, 5) is 0. The van der Waals surface area contributed by atoms with Crippen molar-refractivity contribution in [1.82, 2.24) is 0 Å². The fourth-order valence-electron chi connectivity index (χ4n) is 1.94. The predicted octanol–water partition coefficient (Wildman–Crippen LogP) is 4.89. The predicted molar refractivity (Wildman–Crippen MR) is 84.6 cm³/mol. The molecule has 0 aromatic heterocycles. The van der Waals surface area contributed by atoms with Crippen molar-refractivity contribution in [2.45, 2.75) is 32.7 Å². The topological polar surface area (TPSA) is 35.2 Å². The SMILES string of the molecule is CC(C)(C)c1ccc(Oc2cc(Cl)ccc2CN)cc1. The highest BCUT2D eigenvalue weighted by Crippen LogP contribution is 2.30. The Balaban J connectivity index is 2.24. The van der Waals surface area contributed by atoms with E-state index in [4.69, 9.17) is 22.1 Å². The van der Waals surface area contributed by atoms with Crippen molar-refractivity contribution in [2.24, 2.45) is 5.73 Å². The van der Waals surface area contributed by atoms with Crippen LogP contribution in [0.3, 0.4) is 0 Å². The Bertz CT molecular complexity index is 585.